The second-order valence-corrected chi connectivity index (χ2v) is 8.04. The standard InChI is InChI=1S/C18H25N7OS/c1-22-6-3-7-24(9-8-22)17(26)16-15(25-10-11-27-18(25)20-16)13-23(2)12-14-4-5-19-21-14/h4-5,10-11H,3,6-9,12-13H2,1-2H3,(H,19,21). The third-order valence-corrected chi connectivity index (χ3v) is 5.75. The largest absolute Gasteiger partial charge is 0.336 e. The van der Waals surface area contributed by atoms with E-state index in [1.165, 1.54) is 0 Å². The number of nitrogens with one attached hydrogen (secondary N) is 1. The van der Waals surface area contributed by atoms with Gasteiger partial charge in [0.15, 0.2) is 10.7 Å². The average molecular weight is 388 g/mol. The third-order valence-electron chi connectivity index (χ3n) is 4.99. The van der Waals surface area contributed by atoms with E-state index in [-0.39, 0.29) is 5.91 Å². The lowest BCUT2D eigenvalue weighted by molar-refractivity contribution is 0.0755. The summed E-state index contributed by atoms with van der Waals surface area (Å²) in [6.07, 6.45) is 4.75. The minimum absolute atomic E-state index is 0.0474. The van der Waals surface area contributed by atoms with Crippen molar-refractivity contribution in [1.29, 1.82) is 0 Å². The number of fused-ring (bicyclic) bond motifs is 1. The molecule has 1 amide bonds. The molecule has 0 aliphatic carbocycles. The molecule has 0 bridgehead atoms. The second kappa shape index (κ2) is 7.79. The summed E-state index contributed by atoms with van der Waals surface area (Å²) in [5.74, 6) is 0.0474. The Kier molecular flexibility index (Phi) is 5.24. The van der Waals surface area contributed by atoms with Gasteiger partial charge in [0.25, 0.3) is 5.91 Å². The normalized spacial score (nSPS) is 16.3. The number of carbonyl (C=O) groups is 1. The van der Waals surface area contributed by atoms with Crippen LogP contribution in [0.2, 0.25) is 0 Å². The molecule has 1 aliphatic heterocycles. The van der Waals surface area contributed by atoms with Crippen LogP contribution in [0.3, 0.4) is 0 Å². The van der Waals surface area contributed by atoms with Crippen molar-refractivity contribution in [1.82, 2.24) is 34.3 Å². The lowest BCUT2D eigenvalue weighted by atomic mass is 10.2. The molecule has 8 nitrogen and oxygen atoms in total. The molecule has 0 atom stereocenters. The van der Waals surface area contributed by atoms with E-state index in [0.717, 1.165) is 55.5 Å². The second-order valence-electron chi connectivity index (χ2n) is 7.17. The van der Waals surface area contributed by atoms with Crippen LogP contribution in [-0.2, 0) is 13.1 Å². The summed E-state index contributed by atoms with van der Waals surface area (Å²) in [7, 11) is 4.15. The zero-order valence-corrected chi connectivity index (χ0v) is 16.6. The smallest absolute Gasteiger partial charge is 0.274 e. The first kappa shape index (κ1) is 18.1. The molecule has 1 aliphatic rings. The van der Waals surface area contributed by atoms with E-state index < -0.39 is 0 Å². The van der Waals surface area contributed by atoms with Crippen molar-refractivity contribution in [3.05, 3.63) is 40.9 Å². The summed E-state index contributed by atoms with van der Waals surface area (Å²) in [5.41, 5.74) is 2.59. The van der Waals surface area contributed by atoms with Crippen LogP contribution < -0.4 is 0 Å². The van der Waals surface area contributed by atoms with Crippen LogP contribution in [0, 0.1) is 0 Å². The summed E-state index contributed by atoms with van der Waals surface area (Å²) < 4.78 is 2.05. The molecule has 0 radical (unpaired) electrons. The third kappa shape index (κ3) is 3.90. The van der Waals surface area contributed by atoms with Gasteiger partial charge >= 0.3 is 0 Å². The molecule has 144 valence electrons. The molecule has 4 rings (SSSR count). The maximum absolute atomic E-state index is 13.2. The molecule has 9 heteroatoms. The first-order valence-electron chi connectivity index (χ1n) is 9.21. The Hall–Kier alpha value is -2.23. The van der Waals surface area contributed by atoms with Gasteiger partial charge in [0, 0.05) is 56.2 Å². The number of hydrogen-bond acceptors (Lipinski definition) is 6. The Bertz CT molecular complexity index is 900. The van der Waals surface area contributed by atoms with E-state index in [0.29, 0.717) is 12.2 Å². The molecular weight excluding hydrogens is 362 g/mol. The molecule has 0 spiro atoms. The van der Waals surface area contributed by atoms with Crippen molar-refractivity contribution in [3.8, 4) is 0 Å². The molecule has 1 N–H and O–H groups in total. The van der Waals surface area contributed by atoms with Gasteiger partial charge in [-0.05, 0) is 33.1 Å². The van der Waals surface area contributed by atoms with Crippen LogP contribution in [-0.4, -0.2) is 80.5 Å². The van der Waals surface area contributed by atoms with Gasteiger partial charge in [-0.3, -0.25) is 19.2 Å². The fourth-order valence-corrected chi connectivity index (χ4v) is 4.26. The van der Waals surface area contributed by atoms with Crippen molar-refractivity contribution in [2.75, 3.05) is 40.3 Å². The number of thiazole rings is 1. The Morgan fingerprint density at radius 1 is 1.30 bits per heavy atom. The van der Waals surface area contributed by atoms with E-state index in [9.17, 15) is 4.79 Å². The first-order chi connectivity index (χ1) is 13.1. The van der Waals surface area contributed by atoms with Crippen LogP contribution in [0.5, 0.6) is 0 Å². The van der Waals surface area contributed by atoms with Gasteiger partial charge in [-0.1, -0.05) is 0 Å². The molecular formula is C18H25N7OS. The fourth-order valence-electron chi connectivity index (χ4n) is 3.53. The van der Waals surface area contributed by atoms with Crippen molar-refractivity contribution in [3.63, 3.8) is 0 Å². The van der Waals surface area contributed by atoms with Crippen molar-refractivity contribution in [2.24, 2.45) is 0 Å². The zero-order valence-electron chi connectivity index (χ0n) is 15.8. The molecule has 27 heavy (non-hydrogen) atoms. The van der Waals surface area contributed by atoms with Crippen LogP contribution in [0.1, 0.15) is 28.3 Å². The molecule has 3 aromatic heterocycles. The monoisotopic (exact) mass is 387 g/mol. The topological polar surface area (TPSA) is 72.8 Å². The average Bonchev–Trinajstić information content (AvgIpc) is 3.33. The minimum Gasteiger partial charge on any atom is -0.336 e. The number of nitrogens with zero attached hydrogens (tertiary/aromatic N) is 6. The molecule has 0 unspecified atom stereocenters. The number of amides is 1. The van der Waals surface area contributed by atoms with Gasteiger partial charge in [-0.25, -0.2) is 4.98 Å². The van der Waals surface area contributed by atoms with Crippen LogP contribution in [0.25, 0.3) is 4.96 Å². The number of H-pyrrole nitrogens is 1. The van der Waals surface area contributed by atoms with Crippen molar-refractivity contribution >= 4 is 22.2 Å². The number of hydrogen-bond donors (Lipinski definition) is 1. The number of aromatic nitrogens is 4. The summed E-state index contributed by atoms with van der Waals surface area (Å²) >= 11 is 1.56. The quantitative estimate of drug-likeness (QED) is 0.719. The maximum atomic E-state index is 13.2. The highest BCUT2D eigenvalue weighted by atomic mass is 32.1. The van der Waals surface area contributed by atoms with Gasteiger partial charge in [-0.15, -0.1) is 11.3 Å². The van der Waals surface area contributed by atoms with Crippen LogP contribution in [0.4, 0.5) is 0 Å². The van der Waals surface area contributed by atoms with E-state index >= 15 is 0 Å². The Morgan fingerprint density at radius 2 is 2.19 bits per heavy atom. The Labute approximate surface area is 162 Å². The van der Waals surface area contributed by atoms with E-state index in [1.807, 2.05) is 34.0 Å². The van der Waals surface area contributed by atoms with Gasteiger partial charge < -0.3 is 9.80 Å². The van der Waals surface area contributed by atoms with Crippen molar-refractivity contribution < 1.29 is 4.79 Å². The predicted octanol–water partition coefficient (Wildman–Crippen LogP) is 1.53. The fraction of sp³-hybridized carbons (Fsp3) is 0.500. The van der Waals surface area contributed by atoms with Gasteiger partial charge in [0.2, 0.25) is 0 Å². The Morgan fingerprint density at radius 3 is 3.00 bits per heavy atom. The molecule has 1 saturated heterocycles. The SMILES string of the molecule is CN1CCCN(C(=O)c2nc3sccn3c2CN(C)Cc2ccn[nH]2)CC1. The van der Waals surface area contributed by atoms with Gasteiger partial charge in [-0.2, -0.15) is 5.10 Å². The molecule has 3 aromatic rings. The molecule has 0 aromatic carbocycles. The lowest BCUT2D eigenvalue weighted by Crippen LogP contribution is -2.35. The number of imidazole rings is 1. The van der Waals surface area contributed by atoms with Gasteiger partial charge in [0.1, 0.15) is 0 Å². The molecule has 0 saturated carbocycles. The number of likely N-dealkylation sites (N-methyl/N-ethyl adjacent to an activating group) is 1. The first-order valence-corrected chi connectivity index (χ1v) is 10.1. The number of rotatable bonds is 5. The van der Waals surface area contributed by atoms with Gasteiger partial charge in [0.05, 0.1) is 5.69 Å². The van der Waals surface area contributed by atoms with E-state index in [4.69, 9.17) is 0 Å². The lowest BCUT2D eigenvalue weighted by Gasteiger charge is -2.21. The van der Waals surface area contributed by atoms with E-state index in [1.54, 1.807) is 17.5 Å². The molecule has 1 fully saturated rings. The zero-order chi connectivity index (χ0) is 18.8. The maximum Gasteiger partial charge on any atom is 0.274 e. The Balaban J connectivity index is 1.58. The highest BCUT2D eigenvalue weighted by molar-refractivity contribution is 7.15. The van der Waals surface area contributed by atoms with Crippen LogP contribution >= 0.6 is 11.3 Å². The highest BCUT2D eigenvalue weighted by Gasteiger charge is 2.26. The van der Waals surface area contributed by atoms with Crippen LogP contribution in [0.15, 0.2) is 23.8 Å². The summed E-state index contributed by atoms with van der Waals surface area (Å²) in [6.45, 7) is 4.86. The highest BCUT2D eigenvalue weighted by Crippen LogP contribution is 2.21. The molecule has 4 heterocycles. The van der Waals surface area contributed by atoms with E-state index in [2.05, 4.69) is 32.0 Å². The summed E-state index contributed by atoms with van der Waals surface area (Å²) in [4.78, 5) is 25.2. The predicted molar refractivity (Wildman–Crippen MR) is 105 cm³/mol. The van der Waals surface area contributed by atoms with Crippen molar-refractivity contribution in [2.45, 2.75) is 19.5 Å². The number of carbonyl (C=O) groups excluding carboxylic acids is 1. The minimum atomic E-state index is 0.0474. The summed E-state index contributed by atoms with van der Waals surface area (Å²) in [5, 5.41) is 9.00. The number of aromatic amines is 1. The summed E-state index contributed by atoms with van der Waals surface area (Å²) in [6, 6.07) is 1.97.